The average molecular weight is 214 g/mol. The number of primary amides is 1. The molecule has 1 fully saturated rings. The van der Waals surface area contributed by atoms with E-state index in [0.29, 0.717) is 0 Å². The number of amides is 1. The molecule has 0 aliphatic carbocycles. The van der Waals surface area contributed by atoms with Gasteiger partial charge in [0, 0.05) is 0 Å². The standard InChI is InChI=1S/C11H23N.CH3NO/c1-4-7-12-8-5-11(6-9-12)10(2)3;2-1-3/h10-11H,4-9H2,1-3H3;1H,(H2,2,3). The minimum atomic E-state index is 0.250. The normalized spacial score (nSPS) is 18.4. The van der Waals surface area contributed by atoms with Crippen molar-refractivity contribution < 1.29 is 4.79 Å². The van der Waals surface area contributed by atoms with Crippen molar-refractivity contribution in [3.8, 4) is 0 Å². The maximum Gasteiger partial charge on any atom is 0.204 e. The third-order valence-electron chi connectivity index (χ3n) is 3.11. The van der Waals surface area contributed by atoms with E-state index in [9.17, 15) is 0 Å². The van der Waals surface area contributed by atoms with E-state index in [1.807, 2.05) is 0 Å². The molecular formula is C12H26N2O. The Kier molecular flexibility index (Phi) is 8.38. The Morgan fingerprint density at radius 1 is 1.40 bits per heavy atom. The van der Waals surface area contributed by atoms with Crippen LogP contribution in [0.4, 0.5) is 0 Å². The van der Waals surface area contributed by atoms with Gasteiger partial charge >= 0.3 is 0 Å². The Labute approximate surface area is 94.0 Å². The Balaban J connectivity index is 0.000000583. The van der Waals surface area contributed by atoms with E-state index >= 15 is 0 Å². The lowest BCUT2D eigenvalue weighted by Crippen LogP contribution is -2.35. The van der Waals surface area contributed by atoms with E-state index in [2.05, 4.69) is 31.4 Å². The highest BCUT2D eigenvalue weighted by atomic mass is 16.1. The molecule has 0 aromatic heterocycles. The highest BCUT2D eigenvalue weighted by Crippen LogP contribution is 2.24. The Bertz CT molecular complexity index is 152. The molecular weight excluding hydrogens is 188 g/mol. The van der Waals surface area contributed by atoms with Gasteiger partial charge in [0.05, 0.1) is 0 Å². The summed E-state index contributed by atoms with van der Waals surface area (Å²) in [6.45, 7) is 11.0. The first-order chi connectivity index (χ1) is 7.15. The summed E-state index contributed by atoms with van der Waals surface area (Å²) in [5, 5.41) is 0. The van der Waals surface area contributed by atoms with Crippen LogP contribution in [0, 0.1) is 11.8 Å². The molecule has 1 aliphatic rings. The van der Waals surface area contributed by atoms with Gasteiger partial charge in [-0.25, -0.2) is 0 Å². The number of carbonyl (C=O) groups is 1. The minimum Gasteiger partial charge on any atom is -0.372 e. The van der Waals surface area contributed by atoms with Gasteiger partial charge in [-0.3, -0.25) is 4.79 Å². The van der Waals surface area contributed by atoms with Crippen molar-refractivity contribution in [3.05, 3.63) is 0 Å². The van der Waals surface area contributed by atoms with Crippen LogP contribution in [0.5, 0.6) is 0 Å². The summed E-state index contributed by atoms with van der Waals surface area (Å²) in [4.78, 5) is 11.2. The van der Waals surface area contributed by atoms with Gasteiger partial charge in [-0.2, -0.15) is 0 Å². The van der Waals surface area contributed by atoms with Crippen molar-refractivity contribution in [1.29, 1.82) is 0 Å². The van der Waals surface area contributed by atoms with Gasteiger partial charge in [-0.1, -0.05) is 20.8 Å². The van der Waals surface area contributed by atoms with Gasteiger partial charge in [0.1, 0.15) is 0 Å². The Morgan fingerprint density at radius 2 is 1.87 bits per heavy atom. The molecule has 1 amide bonds. The molecule has 1 aliphatic heterocycles. The van der Waals surface area contributed by atoms with Crippen molar-refractivity contribution in [2.75, 3.05) is 19.6 Å². The number of carbonyl (C=O) groups excluding carboxylic acids is 1. The fourth-order valence-corrected chi connectivity index (χ4v) is 2.16. The van der Waals surface area contributed by atoms with Crippen LogP contribution in [-0.4, -0.2) is 30.9 Å². The quantitative estimate of drug-likeness (QED) is 0.729. The smallest absolute Gasteiger partial charge is 0.204 e. The zero-order chi connectivity index (χ0) is 11.7. The Hall–Kier alpha value is -0.570. The summed E-state index contributed by atoms with van der Waals surface area (Å²) in [5.41, 5.74) is 4.17. The van der Waals surface area contributed by atoms with Gasteiger partial charge in [-0.05, 0) is 50.7 Å². The molecule has 1 heterocycles. The fourth-order valence-electron chi connectivity index (χ4n) is 2.16. The van der Waals surface area contributed by atoms with E-state index in [4.69, 9.17) is 4.79 Å². The molecule has 15 heavy (non-hydrogen) atoms. The monoisotopic (exact) mass is 214 g/mol. The molecule has 3 nitrogen and oxygen atoms in total. The van der Waals surface area contributed by atoms with Crippen LogP contribution in [0.1, 0.15) is 40.0 Å². The third kappa shape index (κ3) is 6.50. The van der Waals surface area contributed by atoms with E-state index in [1.165, 1.54) is 38.9 Å². The Morgan fingerprint density at radius 3 is 2.20 bits per heavy atom. The number of hydrogen-bond acceptors (Lipinski definition) is 2. The van der Waals surface area contributed by atoms with E-state index < -0.39 is 0 Å². The zero-order valence-corrected chi connectivity index (χ0v) is 10.4. The van der Waals surface area contributed by atoms with E-state index in [-0.39, 0.29) is 6.41 Å². The summed E-state index contributed by atoms with van der Waals surface area (Å²) in [6.07, 6.45) is 4.42. The van der Waals surface area contributed by atoms with Gasteiger partial charge in [-0.15, -0.1) is 0 Å². The van der Waals surface area contributed by atoms with Crippen LogP contribution >= 0.6 is 0 Å². The summed E-state index contributed by atoms with van der Waals surface area (Å²) in [6, 6.07) is 0. The first-order valence-electron chi connectivity index (χ1n) is 6.03. The van der Waals surface area contributed by atoms with Crippen molar-refractivity contribution in [2.45, 2.75) is 40.0 Å². The molecule has 90 valence electrons. The lowest BCUT2D eigenvalue weighted by molar-refractivity contribution is -0.106. The third-order valence-corrected chi connectivity index (χ3v) is 3.11. The summed E-state index contributed by atoms with van der Waals surface area (Å²) in [5.74, 6) is 1.90. The number of piperidine rings is 1. The van der Waals surface area contributed by atoms with Crippen LogP contribution < -0.4 is 5.73 Å². The summed E-state index contributed by atoms with van der Waals surface area (Å²) >= 11 is 0. The molecule has 0 spiro atoms. The van der Waals surface area contributed by atoms with Crippen LogP contribution in [0.3, 0.4) is 0 Å². The van der Waals surface area contributed by atoms with Crippen LogP contribution in [0.25, 0.3) is 0 Å². The second kappa shape index (κ2) is 8.72. The van der Waals surface area contributed by atoms with Crippen molar-refractivity contribution in [1.82, 2.24) is 4.90 Å². The lowest BCUT2D eigenvalue weighted by atomic mass is 9.87. The SMILES string of the molecule is CCCN1CCC(C(C)C)CC1.NC=O. The van der Waals surface area contributed by atoms with Crippen LogP contribution in [0.2, 0.25) is 0 Å². The number of likely N-dealkylation sites (tertiary alicyclic amines) is 1. The molecule has 0 radical (unpaired) electrons. The number of nitrogens with zero attached hydrogens (tertiary/aromatic N) is 1. The largest absolute Gasteiger partial charge is 0.372 e. The summed E-state index contributed by atoms with van der Waals surface area (Å²) in [7, 11) is 0. The lowest BCUT2D eigenvalue weighted by Gasteiger charge is -2.33. The second-order valence-corrected chi connectivity index (χ2v) is 4.56. The minimum absolute atomic E-state index is 0.250. The van der Waals surface area contributed by atoms with Gasteiger partial charge in [0.2, 0.25) is 6.41 Å². The maximum absolute atomic E-state index is 8.58. The average Bonchev–Trinajstić information content (AvgIpc) is 2.20. The molecule has 0 unspecified atom stereocenters. The first kappa shape index (κ1) is 14.4. The molecule has 0 aromatic carbocycles. The van der Waals surface area contributed by atoms with Crippen molar-refractivity contribution >= 4 is 6.41 Å². The van der Waals surface area contributed by atoms with Gasteiger partial charge < -0.3 is 10.6 Å². The van der Waals surface area contributed by atoms with Gasteiger partial charge in [0.15, 0.2) is 0 Å². The topological polar surface area (TPSA) is 46.3 Å². The summed E-state index contributed by atoms with van der Waals surface area (Å²) < 4.78 is 0. The number of hydrogen-bond donors (Lipinski definition) is 1. The molecule has 0 saturated carbocycles. The molecule has 0 atom stereocenters. The predicted molar refractivity (Wildman–Crippen MR) is 64.5 cm³/mol. The van der Waals surface area contributed by atoms with Crippen molar-refractivity contribution in [2.24, 2.45) is 17.6 Å². The molecule has 1 saturated heterocycles. The van der Waals surface area contributed by atoms with Crippen LogP contribution in [0.15, 0.2) is 0 Å². The molecule has 0 bridgehead atoms. The number of nitrogens with two attached hydrogens (primary N) is 1. The van der Waals surface area contributed by atoms with Gasteiger partial charge in [0.25, 0.3) is 0 Å². The predicted octanol–water partition coefficient (Wildman–Crippen LogP) is 1.87. The fraction of sp³-hybridized carbons (Fsp3) is 0.917. The zero-order valence-electron chi connectivity index (χ0n) is 10.4. The second-order valence-electron chi connectivity index (χ2n) is 4.56. The van der Waals surface area contributed by atoms with Crippen LogP contribution in [-0.2, 0) is 4.79 Å². The van der Waals surface area contributed by atoms with Crippen molar-refractivity contribution in [3.63, 3.8) is 0 Å². The van der Waals surface area contributed by atoms with E-state index in [0.717, 1.165) is 11.8 Å². The highest BCUT2D eigenvalue weighted by molar-refractivity contribution is 5.42. The molecule has 2 N–H and O–H groups in total. The molecule has 0 aromatic rings. The first-order valence-corrected chi connectivity index (χ1v) is 6.03. The highest BCUT2D eigenvalue weighted by Gasteiger charge is 2.20. The van der Waals surface area contributed by atoms with E-state index in [1.54, 1.807) is 0 Å². The molecule has 1 rings (SSSR count). The molecule has 3 heteroatoms. The maximum atomic E-state index is 8.58. The number of rotatable bonds is 3.